The normalized spacial score (nSPS) is 10.7. The second-order valence-electron chi connectivity index (χ2n) is 6.08. The summed E-state index contributed by atoms with van der Waals surface area (Å²) in [6, 6.07) is 22.8. The molecule has 1 aromatic heterocycles. The van der Waals surface area contributed by atoms with Gasteiger partial charge in [-0.1, -0.05) is 60.7 Å². The zero-order valence-electron chi connectivity index (χ0n) is 14.2. The first kappa shape index (κ1) is 17.1. The lowest BCUT2D eigenvalue weighted by Gasteiger charge is -2.14. The lowest BCUT2D eigenvalue weighted by Crippen LogP contribution is -2.14. The van der Waals surface area contributed by atoms with E-state index < -0.39 is 0 Å². The largest absolute Gasteiger partial charge is 0.341 e. The van der Waals surface area contributed by atoms with Gasteiger partial charge in [0.2, 0.25) is 0 Å². The Morgan fingerprint density at radius 3 is 2.30 bits per heavy atom. The van der Waals surface area contributed by atoms with Crippen molar-refractivity contribution in [2.75, 3.05) is 5.32 Å². The van der Waals surface area contributed by atoms with Gasteiger partial charge in [-0.05, 0) is 35.9 Å². The number of nitrogens with one attached hydrogen (secondary N) is 2. The van der Waals surface area contributed by atoms with E-state index in [1.54, 1.807) is 0 Å². The van der Waals surface area contributed by atoms with E-state index in [1.807, 2.05) is 54.6 Å². The van der Waals surface area contributed by atoms with Crippen LogP contribution in [0.25, 0.3) is 22.0 Å². The molecule has 0 aliphatic carbocycles. The molecule has 132 valence electrons. The predicted molar refractivity (Wildman–Crippen MR) is 109 cm³/mol. The van der Waals surface area contributed by atoms with Crippen LogP contribution in [-0.2, 0) is 0 Å². The Morgan fingerprint density at radius 1 is 0.889 bits per heavy atom. The number of hydrogen-bond donors (Lipinski definition) is 2. The van der Waals surface area contributed by atoms with Crippen molar-refractivity contribution in [2.24, 2.45) is 0 Å². The molecule has 0 aliphatic rings. The minimum atomic E-state index is -0.387. The molecule has 0 atom stereocenters. The molecule has 0 aliphatic heterocycles. The van der Waals surface area contributed by atoms with E-state index in [-0.39, 0.29) is 11.7 Å². The molecule has 0 radical (unpaired) electrons. The number of halogens is 1. The second kappa shape index (κ2) is 7.13. The number of hydrogen-bond acceptors (Lipinski definition) is 2. The number of benzene rings is 3. The molecule has 0 saturated heterocycles. The van der Waals surface area contributed by atoms with E-state index in [2.05, 4.69) is 10.3 Å². The monoisotopic (exact) mass is 374 g/mol. The zero-order chi connectivity index (χ0) is 18.8. The summed E-state index contributed by atoms with van der Waals surface area (Å²) in [6.45, 7) is 0. The van der Waals surface area contributed by atoms with Crippen LogP contribution in [0.3, 0.4) is 0 Å². The first-order valence-corrected chi connectivity index (χ1v) is 8.81. The Labute approximate surface area is 160 Å². The average Bonchev–Trinajstić information content (AvgIpc) is 2.69. The number of pyridine rings is 1. The minimum Gasteiger partial charge on any atom is -0.341 e. The minimum absolute atomic E-state index is 0.340. The maximum atomic E-state index is 13.1. The number of carbonyl (C=O) groups is 1. The molecule has 0 unspecified atom stereocenters. The Morgan fingerprint density at radius 2 is 1.56 bits per heavy atom. The summed E-state index contributed by atoms with van der Waals surface area (Å²) >= 11 is 5.73. The van der Waals surface area contributed by atoms with Crippen LogP contribution in [-0.4, -0.2) is 10.9 Å². The lowest BCUT2D eigenvalue weighted by molar-refractivity contribution is 0.102. The van der Waals surface area contributed by atoms with Gasteiger partial charge >= 0.3 is 0 Å². The first-order valence-electron chi connectivity index (χ1n) is 8.41. The van der Waals surface area contributed by atoms with E-state index in [0.717, 1.165) is 22.0 Å². The van der Waals surface area contributed by atoms with Crippen LogP contribution in [0, 0.1) is 10.3 Å². The van der Waals surface area contributed by atoms with E-state index in [9.17, 15) is 9.18 Å². The summed E-state index contributed by atoms with van der Waals surface area (Å²) in [7, 11) is 0. The van der Waals surface area contributed by atoms with Crippen LogP contribution >= 0.6 is 12.2 Å². The Hall–Kier alpha value is -3.31. The third-order valence-electron chi connectivity index (χ3n) is 4.32. The molecule has 1 amide bonds. The number of anilines is 1. The summed E-state index contributed by atoms with van der Waals surface area (Å²) in [5.41, 5.74) is 2.85. The van der Waals surface area contributed by atoms with Crippen LogP contribution in [0.1, 0.15) is 10.4 Å². The van der Waals surface area contributed by atoms with Gasteiger partial charge in [0.15, 0.2) is 0 Å². The number of carbonyl (C=O) groups excluding carboxylic acids is 1. The van der Waals surface area contributed by atoms with Gasteiger partial charge in [-0.25, -0.2) is 4.39 Å². The van der Waals surface area contributed by atoms with E-state index in [4.69, 9.17) is 12.2 Å². The van der Waals surface area contributed by atoms with Crippen molar-refractivity contribution in [3.63, 3.8) is 0 Å². The fourth-order valence-electron chi connectivity index (χ4n) is 3.00. The molecule has 2 N–H and O–H groups in total. The maximum absolute atomic E-state index is 13.1. The molecule has 0 bridgehead atoms. The zero-order valence-corrected chi connectivity index (χ0v) is 15.0. The number of H-pyrrole nitrogens is 1. The molecule has 0 saturated carbocycles. The van der Waals surface area contributed by atoms with Crippen molar-refractivity contribution >= 4 is 34.8 Å². The van der Waals surface area contributed by atoms with Gasteiger partial charge in [0.1, 0.15) is 11.6 Å². The molecule has 27 heavy (non-hydrogen) atoms. The van der Waals surface area contributed by atoms with Crippen molar-refractivity contribution in [1.82, 2.24) is 4.98 Å². The van der Waals surface area contributed by atoms with Gasteiger partial charge < -0.3 is 10.3 Å². The number of para-hydroxylation sites is 1. The van der Waals surface area contributed by atoms with Crippen molar-refractivity contribution < 1.29 is 9.18 Å². The molecular formula is C22H15FN2OS. The topological polar surface area (TPSA) is 44.9 Å². The van der Waals surface area contributed by atoms with Crippen molar-refractivity contribution in [2.45, 2.75) is 0 Å². The summed E-state index contributed by atoms with van der Waals surface area (Å²) in [6.07, 6.45) is 0. The van der Waals surface area contributed by atoms with Crippen LogP contribution in [0.15, 0.2) is 78.9 Å². The van der Waals surface area contributed by atoms with E-state index in [1.165, 1.54) is 24.3 Å². The van der Waals surface area contributed by atoms with Gasteiger partial charge in [0.25, 0.3) is 5.91 Å². The van der Waals surface area contributed by atoms with E-state index in [0.29, 0.717) is 15.9 Å². The molecule has 4 aromatic rings. The van der Waals surface area contributed by atoms with Gasteiger partial charge in [-0.3, -0.25) is 4.79 Å². The standard InChI is InChI=1S/C22H15FN2OS/c23-16-12-10-15(11-13-16)22(26)25-21-19(14-6-2-1-3-7-14)20(27)17-8-4-5-9-18(17)24-21/h1-13H,(H2,24,25,26,27). The Kier molecular flexibility index (Phi) is 4.52. The Balaban J connectivity index is 1.87. The predicted octanol–water partition coefficient (Wildman–Crippen LogP) is 5.96. The molecular weight excluding hydrogens is 359 g/mol. The lowest BCUT2D eigenvalue weighted by atomic mass is 10.0. The highest BCUT2D eigenvalue weighted by Gasteiger charge is 2.15. The third kappa shape index (κ3) is 3.37. The smallest absolute Gasteiger partial charge is 0.256 e. The third-order valence-corrected chi connectivity index (χ3v) is 4.74. The van der Waals surface area contributed by atoms with Crippen molar-refractivity contribution in [1.29, 1.82) is 0 Å². The number of aromatic amines is 1. The van der Waals surface area contributed by atoms with Gasteiger partial charge in [-0.15, -0.1) is 0 Å². The summed E-state index contributed by atoms with van der Waals surface area (Å²) in [5.74, 6) is -0.214. The first-order chi connectivity index (χ1) is 13.1. The van der Waals surface area contributed by atoms with Crippen LogP contribution < -0.4 is 5.32 Å². The molecule has 4 rings (SSSR count). The summed E-state index contributed by atoms with van der Waals surface area (Å²) in [5, 5.41) is 3.80. The van der Waals surface area contributed by atoms with E-state index >= 15 is 0 Å². The van der Waals surface area contributed by atoms with Crippen molar-refractivity contribution in [3.05, 3.63) is 94.8 Å². The summed E-state index contributed by atoms with van der Waals surface area (Å²) in [4.78, 5) is 15.9. The molecule has 3 aromatic carbocycles. The van der Waals surface area contributed by atoms with Crippen LogP contribution in [0.2, 0.25) is 0 Å². The van der Waals surface area contributed by atoms with Crippen LogP contribution in [0.4, 0.5) is 10.2 Å². The highest BCUT2D eigenvalue weighted by atomic mass is 32.1. The number of fused-ring (bicyclic) bond motifs is 1. The molecule has 1 heterocycles. The Bertz CT molecular complexity index is 1180. The molecule has 3 nitrogen and oxygen atoms in total. The fraction of sp³-hybridized carbons (Fsp3) is 0. The highest BCUT2D eigenvalue weighted by Crippen LogP contribution is 2.32. The fourth-order valence-corrected chi connectivity index (χ4v) is 3.39. The highest BCUT2D eigenvalue weighted by molar-refractivity contribution is 7.71. The second-order valence-corrected chi connectivity index (χ2v) is 6.48. The average molecular weight is 374 g/mol. The molecule has 0 fully saturated rings. The SMILES string of the molecule is O=C(Nc1[nH]c2ccccc2c(=S)c1-c1ccccc1)c1ccc(F)cc1. The van der Waals surface area contributed by atoms with Gasteiger partial charge in [0, 0.05) is 22.0 Å². The van der Waals surface area contributed by atoms with Gasteiger partial charge in [0.05, 0.1) is 4.51 Å². The van der Waals surface area contributed by atoms with Gasteiger partial charge in [-0.2, -0.15) is 0 Å². The summed E-state index contributed by atoms with van der Waals surface area (Å²) < 4.78 is 13.8. The quantitative estimate of drug-likeness (QED) is 0.435. The maximum Gasteiger partial charge on any atom is 0.256 e. The number of rotatable bonds is 3. The van der Waals surface area contributed by atoms with Crippen LogP contribution in [0.5, 0.6) is 0 Å². The number of aromatic nitrogens is 1. The number of amides is 1. The molecule has 5 heteroatoms. The molecule has 0 spiro atoms. The van der Waals surface area contributed by atoms with Crippen molar-refractivity contribution in [3.8, 4) is 11.1 Å².